The maximum absolute atomic E-state index is 5.69. The molecule has 0 aliphatic heterocycles. The molecule has 3 rings (SSSR count). The Morgan fingerprint density at radius 3 is 1.62 bits per heavy atom. The lowest BCUT2D eigenvalue weighted by Crippen LogP contribution is -2.27. The minimum absolute atomic E-state index is 0.597. The predicted octanol–water partition coefficient (Wildman–Crippen LogP) is 4.96. The second-order valence-corrected chi connectivity index (χ2v) is 7.63. The quantitative estimate of drug-likeness (QED) is 0.523. The highest BCUT2D eigenvalue weighted by Crippen LogP contribution is 2.38. The fourth-order valence-corrected chi connectivity index (χ4v) is 3.21. The highest BCUT2D eigenvalue weighted by molar-refractivity contribution is 5.75. The maximum Gasteiger partial charge on any atom is 0.152 e. The van der Waals surface area contributed by atoms with Gasteiger partial charge in [0.05, 0.1) is 16.8 Å². The van der Waals surface area contributed by atoms with E-state index in [0.29, 0.717) is 23.0 Å². The van der Waals surface area contributed by atoms with Gasteiger partial charge in [0.15, 0.2) is 11.6 Å². The first-order chi connectivity index (χ1) is 15.4. The van der Waals surface area contributed by atoms with Crippen LogP contribution in [-0.2, 0) is 5.41 Å². The predicted molar refractivity (Wildman–Crippen MR) is 133 cm³/mol. The standard InChI is InChI=1S/C26H28N6/c1-19(27)15-17-29-24-13-7-11-22(31-24)26(3,21-9-5-4-6-10-21)23-12-8-14-25(32-23)30-18-16-20(2)28/h4-18H,27-28H2,1-3H3. The van der Waals surface area contributed by atoms with E-state index in [-0.39, 0.29) is 0 Å². The van der Waals surface area contributed by atoms with Crippen LogP contribution >= 0.6 is 0 Å². The molecule has 0 bridgehead atoms. The fourth-order valence-electron chi connectivity index (χ4n) is 3.21. The molecule has 1 aromatic carbocycles. The SMILES string of the molecule is CC(N)=CC=Nc1cccc(C(C)(c2ccccc2)c2cccc(N=CC=C(C)N)n2)n1. The Kier molecular flexibility index (Phi) is 7.29. The monoisotopic (exact) mass is 424 g/mol. The first-order valence-corrected chi connectivity index (χ1v) is 10.3. The first kappa shape index (κ1) is 22.6. The van der Waals surface area contributed by atoms with E-state index in [1.807, 2.05) is 68.4 Å². The summed E-state index contributed by atoms with van der Waals surface area (Å²) in [6, 6.07) is 21.8. The third-order valence-electron chi connectivity index (χ3n) is 4.93. The van der Waals surface area contributed by atoms with Gasteiger partial charge in [0.2, 0.25) is 0 Å². The number of rotatable bonds is 7. The summed E-state index contributed by atoms with van der Waals surface area (Å²) in [4.78, 5) is 18.5. The van der Waals surface area contributed by atoms with Crippen LogP contribution in [0, 0.1) is 0 Å². The van der Waals surface area contributed by atoms with Crippen LogP contribution in [0.3, 0.4) is 0 Å². The Balaban J connectivity index is 2.12. The minimum Gasteiger partial charge on any atom is -0.402 e. The van der Waals surface area contributed by atoms with Gasteiger partial charge < -0.3 is 11.5 Å². The van der Waals surface area contributed by atoms with Crippen molar-refractivity contribution in [2.75, 3.05) is 0 Å². The second kappa shape index (κ2) is 10.3. The van der Waals surface area contributed by atoms with Crippen LogP contribution < -0.4 is 11.5 Å². The lowest BCUT2D eigenvalue weighted by Gasteiger charge is -2.29. The molecule has 0 fully saturated rings. The molecule has 0 aliphatic carbocycles. The number of hydrogen-bond acceptors (Lipinski definition) is 6. The summed E-state index contributed by atoms with van der Waals surface area (Å²) >= 11 is 0. The zero-order valence-corrected chi connectivity index (χ0v) is 18.6. The van der Waals surface area contributed by atoms with Crippen LogP contribution in [0.15, 0.2) is 100 Å². The highest BCUT2D eigenvalue weighted by atomic mass is 14.9. The van der Waals surface area contributed by atoms with Crippen LogP contribution in [0.1, 0.15) is 37.7 Å². The molecule has 0 aliphatic rings. The van der Waals surface area contributed by atoms with Crippen molar-refractivity contribution in [1.29, 1.82) is 0 Å². The average Bonchev–Trinajstić information content (AvgIpc) is 2.79. The Morgan fingerprint density at radius 1 is 0.719 bits per heavy atom. The number of nitrogens with zero attached hydrogens (tertiary/aromatic N) is 4. The van der Waals surface area contributed by atoms with E-state index < -0.39 is 5.41 Å². The van der Waals surface area contributed by atoms with Crippen LogP contribution in [0.25, 0.3) is 0 Å². The number of nitrogens with two attached hydrogens (primary N) is 2. The highest BCUT2D eigenvalue weighted by Gasteiger charge is 2.34. The van der Waals surface area contributed by atoms with Crippen molar-refractivity contribution in [2.24, 2.45) is 21.5 Å². The number of aromatic nitrogens is 2. The van der Waals surface area contributed by atoms with Crippen molar-refractivity contribution in [3.63, 3.8) is 0 Å². The van der Waals surface area contributed by atoms with E-state index in [0.717, 1.165) is 17.0 Å². The first-order valence-electron chi connectivity index (χ1n) is 10.3. The smallest absolute Gasteiger partial charge is 0.152 e. The largest absolute Gasteiger partial charge is 0.402 e. The lowest BCUT2D eigenvalue weighted by molar-refractivity contribution is 0.642. The topological polar surface area (TPSA) is 103 Å². The number of benzene rings is 1. The Morgan fingerprint density at radius 2 is 1.19 bits per heavy atom. The summed E-state index contributed by atoms with van der Waals surface area (Å²) in [6.45, 7) is 5.74. The molecule has 6 nitrogen and oxygen atoms in total. The van der Waals surface area contributed by atoms with Crippen LogP contribution in [0.2, 0.25) is 0 Å². The van der Waals surface area contributed by atoms with Gasteiger partial charge in [-0.2, -0.15) is 0 Å². The van der Waals surface area contributed by atoms with Gasteiger partial charge in [-0.05, 0) is 62.8 Å². The van der Waals surface area contributed by atoms with Crippen molar-refractivity contribution in [3.05, 3.63) is 107 Å². The average molecular weight is 425 g/mol. The van der Waals surface area contributed by atoms with Crippen LogP contribution in [-0.4, -0.2) is 22.4 Å². The van der Waals surface area contributed by atoms with Crippen LogP contribution in [0.5, 0.6) is 0 Å². The Bertz CT molecular complexity index is 1100. The molecule has 0 atom stereocenters. The summed E-state index contributed by atoms with van der Waals surface area (Å²) < 4.78 is 0. The van der Waals surface area contributed by atoms with Crippen molar-refractivity contribution in [2.45, 2.75) is 26.2 Å². The molecule has 0 unspecified atom stereocenters. The third kappa shape index (κ3) is 5.55. The number of aliphatic imine (C=N–C) groups is 2. The third-order valence-corrected chi connectivity index (χ3v) is 4.93. The molecule has 0 saturated carbocycles. The van der Waals surface area contributed by atoms with Gasteiger partial charge >= 0.3 is 0 Å². The molecule has 3 aromatic rings. The van der Waals surface area contributed by atoms with E-state index in [9.17, 15) is 0 Å². The van der Waals surface area contributed by atoms with Gasteiger partial charge in [-0.1, -0.05) is 42.5 Å². The summed E-state index contributed by atoms with van der Waals surface area (Å²) in [5.41, 5.74) is 14.9. The van der Waals surface area contributed by atoms with E-state index in [1.165, 1.54) is 0 Å². The molecular weight excluding hydrogens is 396 g/mol. The van der Waals surface area contributed by atoms with Gasteiger partial charge in [-0.25, -0.2) is 20.0 Å². The molecule has 4 N–H and O–H groups in total. The summed E-state index contributed by atoms with van der Waals surface area (Å²) in [5.74, 6) is 1.19. The molecule has 6 heteroatoms. The van der Waals surface area contributed by atoms with Gasteiger partial charge in [0.1, 0.15) is 0 Å². The molecular formula is C26H28N6. The molecule has 32 heavy (non-hydrogen) atoms. The lowest BCUT2D eigenvalue weighted by atomic mass is 9.76. The molecule has 0 saturated heterocycles. The van der Waals surface area contributed by atoms with Crippen molar-refractivity contribution < 1.29 is 0 Å². The summed E-state index contributed by atoms with van der Waals surface area (Å²) in [5, 5.41) is 0. The maximum atomic E-state index is 5.69. The van der Waals surface area contributed by atoms with Crippen molar-refractivity contribution in [1.82, 2.24) is 9.97 Å². The summed E-state index contributed by atoms with van der Waals surface area (Å²) in [6.07, 6.45) is 6.79. The second-order valence-electron chi connectivity index (χ2n) is 7.63. The van der Waals surface area contributed by atoms with E-state index >= 15 is 0 Å². The minimum atomic E-state index is -0.614. The van der Waals surface area contributed by atoms with Gasteiger partial charge in [-0.3, -0.25) is 0 Å². The number of allylic oxidation sites excluding steroid dienone is 4. The molecule has 162 valence electrons. The zero-order chi connectivity index (χ0) is 23.0. The van der Waals surface area contributed by atoms with E-state index in [4.69, 9.17) is 21.4 Å². The molecule has 0 amide bonds. The summed E-state index contributed by atoms with van der Waals surface area (Å²) in [7, 11) is 0. The van der Waals surface area contributed by atoms with Crippen molar-refractivity contribution >= 4 is 24.1 Å². The van der Waals surface area contributed by atoms with Gasteiger partial charge in [-0.15, -0.1) is 0 Å². The Hall–Kier alpha value is -4.06. The fraction of sp³-hybridized carbons (Fsp3) is 0.154. The van der Waals surface area contributed by atoms with Crippen LogP contribution in [0.4, 0.5) is 11.6 Å². The molecule has 2 heterocycles. The van der Waals surface area contributed by atoms with Gasteiger partial charge in [0, 0.05) is 23.8 Å². The normalized spacial score (nSPS) is 14.7. The number of hydrogen-bond donors (Lipinski definition) is 2. The zero-order valence-electron chi connectivity index (χ0n) is 18.6. The van der Waals surface area contributed by atoms with Crippen molar-refractivity contribution in [3.8, 4) is 0 Å². The van der Waals surface area contributed by atoms with Gasteiger partial charge in [0.25, 0.3) is 0 Å². The molecule has 0 spiro atoms. The van der Waals surface area contributed by atoms with E-state index in [2.05, 4.69) is 29.0 Å². The Labute approximate surface area is 189 Å². The van der Waals surface area contributed by atoms with E-state index in [1.54, 1.807) is 24.6 Å². The molecule has 2 aromatic heterocycles. The molecule has 0 radical (unpaired) electrons. The number of pyridine rings is 2.